The van der Waals surface area contributed by atoms with Crippen LogP contribution >= 0.6 is 15.9 Å². The van der Waals surface area contributed by atoms with Gasteiger partial charge in [0.15, 0.2) is 11.5 Å². The number of carbonyl (C=O) groups excluding carboxylic acids is 1. The van der Waals surface area contributed by atoms with Gasteiger partial charge in [-0.3, -0.25) is 0 Å². The minimum Gasteiger partial charge on any atom is -0.454 e. The highest BCUT2D eigenvalue weighted by Gasteiger charge is 2.13. The molecule has 6 heteroatoms. The molecular weight excluding hydrogens is 348 g/mol. The molecule has 0 saturated heterocycles. The first kappa shape index (κ1) is 14.7. The normalized spacial score (nSPS) is 12.0. The summed E-state index contributed by atoms with van der Waals surface area (Å²) >= 11 is 3.49. The number of carbonyl (C=O) groups is 1. The number of halogens is 1. The molecule has 2 N–H and O–H groups in total. The summed E-state index contributed by atoms with van der Waals surface area (Å²) in [7, 11) is 0. The lowest BCUT2D eigenvalue weighted by atomic mass is 10.1. The maximum absolute atomic E-state index is 11.9. The van der Waals surface area contributed by atoms with Crippen LogP contribution in [0.1, 0.15) is 5.56 Å². The summed E-state index contributed by atoms with van der Waals surface area (Å²) in [5.74, 6) is 1.34. The molecule has 0 spiro atoms. The van der Waals surface area contributed by atoms with Crippen LogP contribution in [0.2, 0.25) is 0 Å². The van der Waals surface area contributed by atoms with Gasteiger partial charge in [-0.2, -0.15) is 0 Å². The standard InChI is InChI=1S/C16H15BrN2O3/c17-13-4-2-1-3-11(13)7-8-18-16(20)19-12-5-6-14-15(9-12)22-10-21-14/h1-6,9H,7-8,10H2,(H2,18,19,20). The number of ether oxygens (including phenoxy) is 2. The van der Waals surface area contributed by atoms with E-state index in [1.54, 1.807) is 18.2 Å². The van der Waals surface area contributed by atoms with E-state index < -0.39 is 0 Å². The van der Waals surface area contributed by atoms with Crippen molar-refractivity contribution < 1.29 is 14.3 Å². The zero-order chi connectivity index (χ0) is 15.4. The predicted octanol–water partition coefficient (Wildman–Crippen LogP) is 3.54. The van der Waals surface area contributed by atoms with Gasteiger partial charge >= 0.3 is 6.03 Å². The molecule has 3 rings (SSSR count). The molecule has 2 aromatic carbocycles. The number of amides is 2. The Balaban J connectivity index is 1.49. The van der Waals surface area contributed by atoms with Crippen molar-refractivity contribution in [2.75, 3.05) is 18.7 Å². The number of fused-ring (bicyclic) bond motifs is 1. The molecule has 2 amide bonds. The minimum atomic E-state index is -0.245. The van der Waals surface area contributed by atoms with E-state index in [0.29, 0.717) is 23.7 Å². The van der Waals surface area contributed by atoms with E-state index in [4.69, 9.17) is 9.47 Å². The third kappa shape index (κ3) is 3.51. The van der Waals surface area contributed by atoms with E-state index in [0.717, 1.165) is 16.5 Å². The van der Waals surface area contributed by atoms with E-state index in [1.165, 1.54) is 0 Å². The average Bonchev–Trinajstić information content (AvgIpc) is 2.97. The van der Waals surface area contributed by atoms with E-state index in [1.807, 2.05) is 24.3 Å². The van der Waals surface area contributed by atoms with E-state index in [2.05, 4.69) is 26.6 Å². The zero-order valence-electron chi connectivity index (χ0n) is 11.8. The first-order valence-electron chi connectivity index (χ1n) is 6.90. The van der Waals surface area contributed by atoms with Crippen molar-refractivity contribution in [3.63, 3.8) is 0 Å². The predicted molar refractivity (Wildman–Crippen MR) is 87.4 cm³/mol. The van der Waals surface area contributed by atoms with Gasteiger partial charge in [0.1, 0.15) is 0 Å². The molecule has 1 aliphatic rings. The first-order chi connectivity index (χ1) is 10.7. The van der Waals surface area contributed by atoms with Crippen LogP contribution < -0.4 is 20.1 Å². The monoisotopic (exact) mass is 362 g/mol. The summed E-state index contributed by atoms with van der Waals surface area (Å²) < 4.78 is 11.6. The fraction of sp³-hybridized carbons (Fsp3) is 0.188. The Morgan fingerprint density at radius 1 is 1.14 bits per heavy atom. The number of rotatable bonds is 4. The van der Waals surface area contributed by atoms with Gasteiger partial charge in [-0.1, -0.05) is 34.1 Å². The van der Waals surface area contributed by atoms with Crippen LogP contribution in [0.5, 0.6) is 11.5 Å². The van der Waals surface area contributed by atoms with Crippen LogP contribution in [0.25, 0.3) is 0 Å². The van der Waals surface area contributed by atoms with Gasteiger partial charge < -0.3 is 20.1 Å². The average molecular weight is 363 g/mol. The molecule has 0 aliphatic carbocycles. The van der Waals surface area contributed by atoms with Crippen LogP contribution in [0, 0.1) is 0 Å². The number of benzene rings is 2. The molecule has 22 heavy (non-hydrogen) atoms. The topological polar surface area (TPSA) is 59.6 Å². The SMILES string of the molecule is O=C(NCCc1ccccc1Br)Nc1ccc2c(c1)OCO2. The summed E-state index contributed by atoms with van der Waals surface area (Å²) in [5, 5.41) is 5.61. The summed E-state index contributed by atoms with van der Waals surface area (Å²) in [6.07, 6.45) is 0.760. The van der Waals surface area contributed by atoms with E-state index in [9.17, 15) is 4.79 Å². The van der Waals surface area contributed by atoms with Crippen molar-refractivity contribution in [2.24, 2.45) is 0 Å². The Morgan fingerprint density at radius 3 is 2.82 bits per heavy atom. The second-order valence-electron chi connectivity index (χ2n) is 4.79. The molecule has 0 fully saturated rings. The molecule has 0 saturated carbocycles. The quantitative estimate of drug-likeness (QED) is 0.874. The molecule has 0 aromatic heterocycles. The van der Waals surface area contributed by atoms with Crippen LogP contribution in [0.15, 0.2) is 46.9 Å². The van der Waals surface area contributed by atoms with Crippen molar-refractivity contribution in [1.29, 1.82) is 0 Å². The fourth-order valence-electron chi connectivity index (χ4n) is 2.16. The van der Waals surface area contributed by atoms with Crippen LogP contribution in [-0.4, -0.2) is 19.4 Å². The highest BCUT2D eigenvalue weighted by molar-refractivity contribution is 9.10. The highest BCUT2D eigenvalue weighted by Crippen LogP contribution is 2.34. The third-order valence-electron chi connectivity index (χ3n) is 3.27. The molecule has 1 heterocycles. The molecular formula is C16H15BrN2O3. The molecule has 0 unspecified atom stereocenters. The minimum absolute atomic E-state index is 0.219. The van der Waals surface area contributed by atoms with Crippen molar-refractivity contribution in [2.45, 2.75) is 6.42 Å². The van der Waals surface area contributed by atoms with Gasteiger partial charge in [-0.25, -0.2) is 4.79 Å². The smallest absolute Gasteiger partial charge is 0.319 e. The molecule has 0 bridgehead atoms. The van der Waals surface area contributed by atoms with Gasteiger partial charge in [0, 0.05) is 22.8 Å². The number of hydrogen-bond acceptors (Lipinski definition) is 3. The summed E-state index contributed by atoms with van der Waals surface area (Å²) in [4.78, 5) is 11.9. The molecule has 0 atom stereocenters. The van der Waals surface area contributed by atoms with Gasteiger partial charge in [0.2, 0.25) is 6.79 Å². The van der Waals surface area contributed by atoms with Crippen molar-refractivity contribution in [1.82, 2.24) is 5.32 Å². The number of urea groups is 1. The maximum atomic E-state index is 11.9. The maximum Gasteiger partial charge on any atom is 0.319 e. The van der Waals surface area contributed by atoms with Gasteiger partial charge in [0.25, 0.3) is 0 Å². The lowest BCUT2D eigenvalue weighted by molar-refractivity contribution is 0.174. The zero-order valence-corrected chi connectivity index (χ0v) is 13.4. The van der Waals surface area contributed by atoms with Crippen LogP contribution in [0.4, 0.5) is 10.5 Å². The Morgan fingerprint density at radius 2 is 1.95 bits per heavy atom. The van der Waals surface area contributed by atoms with E-state index >= 15 is 0 Å². The van der Waals surface area contributed by atoms with Gasteiger partial charge in [-0.05, 0) is 30.2 Å². The Kier molecular flexibility index (Phi) is 4.48. The second kappa shape index (κ2) is 6.70. The second-order valence-corrected chi connectivity index (χ2v) is 5.64. The summed E-state index contributed by atoms with van der Waals surface area (Å²) in [6, 6.07) is 13.0. The highest BCUT2D eigenvalue weighted by atomic mass is 79.9. The Hall–Kier alpha value is -2.21. The molecule has 114 valence electrons. The number of nitrogens with one attached hydrogen (secondary N) is 2. The summed E-state index contributed by atoms with van der Waals surface area (Å²) in [5.41, 5.74) is 1.83. The molecule has 1 aliphatic heterocycles. The van der Waals surface area contributed by atoms with Gasteiger partial charge in [0.05, 0.1) is 0 Å². The largest absolute Gasteiger partial charge is 0.454 e. The molecule has 2 aromatic rings. The lowest BCUT2D eigenvalue weighted by Crippen LogP contribution is -2.30. The van der Waals surface area contributed by atoms with E-state index in [-0.39, 0.29) is 12.8 Å². The fourth-order valence-corrected chi connectivity index (χ4v) is 2.64. The van der Waals surface area contributed by atoms with Crippen molar-refractivity contribution >= 4 is 27.6 Å². The third-order valence-corrected chi connectivity index (χ3v) is 4.04. The van der Waals surface area contributed by atoms with Gasteiger partial charge in [-0.15, -0.1) is 0 Å². The van der Waals surface area contributed by atoms with Crippen LogP contribution in [-0.2, 0) is 6.42 Å². The Labute approximate surface area is 136 Å². The molecule has 5 nitrogen and oxygen atoms in total. The number of anilines is 1. The molecule has 0 radical (unpaired) electrons. The van der Waals surface area contributed by atoms with Crippen LogP contribution in [0.3, 0.4) is 0 Å². The Bertz CT molecular complexity index is 691. The lowest BCUT2D eigenvalue weighted by Gasteiger charge is -2.09. The summed E-state index contributed by atoms with van der Waals surface area (Å²) in [6.45, 7) is 0.774. The van der Waals surface area contributed by atoms with Crippen molar-refractivity contribution in [3.05, 3.63) is 52.5 Å². The first-order valence-corrected chi connectivity index (χ1v) is 7.69. The number of hydrogen-bond donors (Lipinski definition) is 2. The van der Waals surface area contributed by atoms with Crippen molar-refractivity contribution in [3.8, 4) is 11.5 Å².